The molecule has 0 saturated heterocycles. The lowest BCUT2D eigenvalue weighted by Crippen LogP contribution is -2.27. The predicted molar refractivity (Wildman–Crippen MR) is 66.6 cm³/mol. The lowest BCUT2D eigenvalue weighted by Gasteiger charge is -2.12. The Morgan fingerprint density at radius 3 is 2.81 bits per heavy atom. The molecule has 4 heteroatoms. The smallest absolute Gasteiger partial charge is 0.131 e. The minimum Gasteiger partial charge on any atom is -0.310 e. The summed E-state index contributed by atoms with van der Waals surface area (Å²) in [5.74, 6) is 0.875. The van der Waals surface area contributed by atoms with Crippen molar-refractivity contribution < 1.29 is 0 Å². The molecule has 0 radical (unpaired) electrons. The van der Waals surface area contributed by atoms with E-state index in [1.807, 2.05) is 7.05 Å². The highest BCUT2D eigenvalue weighted by molar-refractivity contribution is 6.30. The second kappa shape index (κ2) is 4.76. The van der Waals surface area contributed by atoms with E-state index in [9.17, 15) is 0 Å². The number of hydrogen-bond acceptors (Lipinski definition) is 2. The van der Waals surface area contributed by atoms with E-state index in [0.717, 1.165) is 29.7 Å². The lowest BCUT2D eigenvalue weighted by molar-refractivity contribution is 0.495. The number of halogens is 1. The van der Waals surface area contributed by atoms with Crippen molar-refractivity contribution in [3.05, 3.63) is 16.4 Å². The third-order valence-electron chi connectivity index (χ3n) is 3.42. The molecule has 2 rings (SSSR count). The van der Waals surface area contributed by atoms with Crippen molar-refractivity contribution >= 4 is 11.6 Å². The summed E-state index contributed by atoms with van der Waals surface area (Å²) < 4.78 is 1.76. The van der Waals surface area contributed by atoms with Crippen molar-refractivity contribution in [3.63, 3.8) is 0 Å². The molecule has 0 amide bonds. The van der Waals surface area contributed by atoms with Gasteiger partial charge in [-0.2, -0.15) is 5.10 Å². The fourth-order valence-corrected chi connectivity index (χ4v) is 2.30. The Morgan fingerprint density at radius 2 is 2.25 bits per heavy atom. The predicted octanol–water partition coefficient (Wildman–Crippen LogP) is 2.52. The monoisotopic (exact) mass is 241 g/mol. The van der Waals surface area contributed by atoms with Crippen LogP contribution in [0.1, 0.15) is 37.9 Å². The molecule has 1 aliphatic rings. The average Bonchev–Trinajstić information content (AvgIpc) is 3.06. The molecule has 1 saturated carbocycles. The van der Waals surface area contributed by atoms with Crippen molar-refractivity contribution in [1.29, 1.82) is 0 Å². The minimum absolute atomic E-state index is 0.598. The fourth-order valence-electron chi connectivity index (χ4n) is 2.08. The topological polar surface area (TPSA) is 29.9 Å². The Kier molecular flexibility index (Phi) is 3.55. The maximum absolute atomic E-state index is 6.23. The molecule has 1 fully saturated rings. The maximum Gasteiger partial charge on any atom is 0.131 e. The van der Waals surface area contributed by atoms with Crippen molar-refractivity contribution in [2.75, 3.05) is 0 Å². The van der Waals surface area contributed by atoms with Crippen molar-refractivity contribution in [2.45, 2.75) is 45.7 Å². The number of aromatic nitrogens is 2. The van der Waals surface area contributed by atoms with Gasteiger partial charge in [0.25, 0.3) is 0 Å². The lowest BCUT2D eigenvalue weighted by atomic mass is 10.1. The molecule has 1 N–H and O–H groups in total. The highest BCUT2D eigenvalue weighted by Crippen LogP contribution is 2.32. The summed E-state index contributed by atoms with van der Waals surface area (Å²) in [5.41, 5.74) is 2.28. The first-order valence-corrected chi connectivity index (χ1v) is 6.44. The van der Waals surface area contributed by atoms with Gasteiger partial charge < -0.3 is 5.32 Å². The third-order valence-corrected chi connectivity index (χ3v) is 3.89. The van der Waals surface area contributed by atoms with Gasteiger partial charge in [0.15, 0.2) is 0 Å². The molecule has 0 aliphatic heterocycles. The van der Waals surface area contributed by atoms with E-state index in [1.165, 1.54) is 18.4 Å². The van der Waals surface area contributed by atoms with Crippen molar-refractivity contribution in [3.8, 4) is 0 Å². The van der Waals surface area contributed by atoms with Crippen LogP contribution in [0.4, 0.5) is 0 Å². The second-order valence-corrected chi connectivity index (χ2v) is 5.06. The molecule has 1 heterocycles. The number of hydrogen-bond donors (Lipinski definition) is 1. The summed E-state index contributed by atoms with van der Waals surface area (Å²) in [7, 11) is 1.90. The zero-order valence-corrected chi connectivity index (χ0v) is 11.0. The molecule has 3 nitrogen and oxygen atoms in total. The van der Waals surface area contributed by atoms with Gasteiger partial charge in [0, 0.05) is 25.2 Å². The highest BCUT2D eigenvalue weighted by Gasteiger charge is 2.27. The zero-order chi connectivity index (χ0) is 11.7. The molecule has 1 aliphatic carbocycles. The summed E-state index contributed by atoms with van der Waals surface area (Å²) in [6, 6.07) is 0.598. The standard InChI is InChI=1S/C12H20ClN3/c1-4-11-10(12(13)16(3)15-11)7-14-8(2)9-5-6-9/h8-9,14H,4-7H2,1-3H3. The minimum atomic E-state index is 0.598. The number of aryl methyl sites for hydroxylation is 2. The van der Waals surface area contributed by atoms with Crippen LogP contribution in [0.2, 0.25) is 5.15 Å². The Balaban J connectivity index is 2.01. The van der Waals surface area contributed by atoms with Gasteiger partial charge in [-0.15, -0.1) is 0 Å². The summed E-state index contributed by atoms with van der Waals surface area (Å²) in [6.45, 7) is 5.22. The molecule has 0 bridgehead atoms. The largest absolute Gasteiger partial charge is 0.310 e. The van der Waals surface area contributed by atoms with Gasteiger partial charge in [-0.3, -0.25) is 4.68 Å². The SMILES string of the molecule is CCc1nn(C)c(Cl)c1CNC(C)C1CC1. The van der Waals surface area contributed by atoms with Crippen LogP contribution in [0.25, 0.3) is 0 Å². The van der Waals surface area contributed by atoms with Crippen LogP contribution in [0.5, 0.6) is 0 Å². The van der Waals surface area contributed by atoms with Gasteiger partial charge >= 0.3 is 0 Å². The first-order valence-electron chi connectivity index (χ1n) is 6.07. The first-order chi connectivity index (χ1) is 7.63. The highest BCUT2D eigenvalue weighted by atomic mass is 35.5. The van der Waals surface area contributed by atoms with Crippen LogP contribution in [0.3, 0.4) is 0 Å². The average molecular weight is 242 g/mol. The van der Waals surface area contributed by atoms with E-state index in [-0.39, 0.29) is 0 Å². The Hall–Kier alpha value is -0.540. The summed E-state index contributed by atoms with van der Waals surface area (Å²) in [6.07, 6.45) is 3.68. The molecule has 1 atom stereocenters. The second-order valence-electron chi connectivity index (χ2n) is 4.70. The van der Waals surface area contributed by atoms with Crippen LogP contribution in [-0.4, -0.2) is 15.8 Å². The van der Waals surface area contributed by atoms with Crippen LogP contribution in [0, 0.1) is 5.92 Å². The molecule has 0 aromatic carbocycles. The Bertz CT molecular complexity index is 369. The normalized spacial score (nSPS) is 17.8. The zero-order valence-electron chi connectivity index (χ0n) is 10.3. The summed E-state index contributed by atoms with van der Waals surface area (Å²) in [4.78, 5) is 0. The fraction of sp³-hybridized carbons (Fsp3) is 0.750. The maximum atomic E-state index is 6.23. The van der Waals surface area contributed by atoms with Crippen molar-refractivity contribution in [2.24, 2.45) is 13.0 Å². The molecule has 1 aromatic rings. The van der Waals surface area contributed by atoms with E-state index in [4.69, 9.17) is 11.6 Å². The van der Waals surface area contributed by atoms with Gasteiger partial charge in [0.1, 0.15) is 5.15 Å². The number of nitrogens with one attached hydrogen (secondary N) is 1. The molecule has 16 heavy (non-hydrogen) atoms. The molecule has 1 aromatic heterocycles. The van der Waals surface area contributed by atoms with E-state index in [1.54, 1.807) is 4.68 Å². The first kappa shape index (κ1) is 11.9. The van der Waals surface area contributed by atoms with Gasteiger partial charge in [0.2, 0.25) is 0 Å². The summed E-state index contributed by atoms with van der Waals surface area (Å²) >= 11 is 6.23. The van der Waals surface area contributed by atoms with E-state index < -0.39 is 0 Å². The van der Waals surface area contributed by atoms with Gasteiger partial charge in [-0.05, 0) is 32.1 Å². The number of nitrogens with zero attached hydrogens (tertiary/aromatic N) is 2. The molecular formula is C12H20ClN3. The van der Waals surface area contributed by atoms with E-state index in [2.05, 4.69) is 24.3 Å². The van der Waals surface area contributed by atoms with Crippen molar-refractivity contribution in [1.82, 2.24) is 15.1 Å². The van der Waals surface area contributed by atoms with Gasteiger partial charge in [0.05, 0.1) is 5.69 Å². The van der Waals surface area contributed by atoms with E-state index >= 15 is 0 Å². The van der Waals surface area contributed by atoms with Gasteiger partial charge in [-0.25, -0.2) is 0 Å². The van der Waals surface area contributed by atoms with Crippen LogP contribution in [0.15, 0.2) is 0 Å². The molecular weight excluding hydrogens is 222 g/mol. The molecule has 1 unspecified atom stereocenters. The van der Waals surface area contributed by atoms with E-state index in [0.29, 0.717) is 6.04 Å². The van der Waals surface area contributed by atoms with Crippen LogP contribution in [-0.2, 0) is 20.0 Å². The Morgan fingerprint density at radius 1 is 1.56 bits per heavy atom. The van der Waals surface area contributed by atoms with Crippen LogP contribution >= 0.6 is 11.6 Å². The third kappa shape index (κ3) is 2.41. The quantitative estimate of drug-likeness (QED) is 0.859. The molecule has 0 spiro atoms. The molecule has 90 valence electrons. The van der Waals surface area contributed by atoms with Gasteiger partial charge in [-0.1, -0.05) is 18.5 Å². The number of rotatable bonds is 5. The summed E-state index contributed by atoms with van der Waals surface area (Å²) in [5, 5.41) is 8.73. The van der Waals surface area contributed by atoms with Crippen LogP contribution < -0.4 is 5.32 Å². The Labute approximate surface area is 102 Å².